The van der Waals surface area contributed by atoms with Gasteiger partial charge in [0.05, 0.1) is 11.0 Å². The molecule has 0 radical (unpaired) electrons. The van der Waals surface area contributed by atoms with Crippen LogP contribution in [0.5, 0.6) is 0 Å². The molecule has 1 fully saturated rings. The normalized spacial score (nSPS) is 19.3. The van der Waals surface area contributed by atoms with E-state index < -0.39 is 10.7 Å². The number of benzene rings is 1. The molecule has 1 saturated heterocycles. The number of nitrogens with one attached hydrogen (secondary N) is 2. The molecule has 92 valence electrons. The van der Waals surface area contributed by atoms with Gasteiger partial charge in [-0.1, -0.05) is 0 Å². The molecule has 1 aliphatic rings. The minimum Gasteiger partial charge on any atom is -0.375 e. The van der Waals surface area contributed by atoms with Crippen LogP contribution in [0.25, 0.3) is 0 Å². The van der Waals surface area contributed by atoms with Gasteiger partial charge in [-0.3, -0.25) is 10.1 Å². The average Bonchev–Trinajstić information content (AvgIpc) is 2.75. The zero-order valence-electron chi connectivity index (χ0n) is 9.50. The summed E-state index contributed by atoms with van der Waals surface area (Å²) >= 11 is 0. The van der Waals surface area contributed by atoms with Crippen molar-refractivity contribution in [1.82, 2.24) is 5.32 Å². The van der Waals surface area contributed by atoms with Gasteiger partial charge in [0.15, 0.2) is 0 Å². The van der Waals surface area contributed by atoms with Gasteiger partial charge in [-0.15, -0.1) is 0 Å². The lowest BCUT2D eigenvalue weighted by Gasteiger charge is -2.13. The number of nitrogens with zero attached hydrogens (tertiary/aromatic N) is 1. The van der Waals surface area contributed by atoms with Crippen LogP contribution in [-0.2, 0) is 0 Å². The maximum absolute atomic E-state index is 13.3. The van der Waals surface area contributed by atoms with Crippen molar-refractivity contribution in [2.75, 3.05) is 18.4 Å². The van der Waals surface area contributed by atoms with Crippen LogP contribution in [0.2, 0.25) is 0 Å². The van der Waals surface area contributed by atoms with Crippen molar-refractivity contribution in [2.24, 2.45) is 0 Å². The molecule has 5 nitrogen and oxygen atoms in total. The topological polar surface area (TPSA) is 67.2 Å². The summed E-state index contributed by atoms with van der Waals surface area (Å²) in [7, 11) is 0. The maximum Gasteiger partial charge on any atom is 0.295 e. The van der Waals surface area contributed by atoms with Gasteiger partial charge in [0, 0.05) is 12.6 Å². The second kappa shape index (κ2) is 4.67. The largest absolute Gasteiger partial charge is 0.375 e. The van der Waals surface area contributed by atoms with Gasteiger partial charge in [0.1, 0.15) is 11.5 Å². The van der Waals surface area contributed by atoms with Crippen molar-refractivity contribution in [2.45, 2.75) is 19.4 Å². The molecule has 0 spiro atoms. The third-order valence-corrected chi connectivity index (χ3v) is 2.89. The number of rotatable bonds is 3. The molecule has 2 N–H and O–H groups in total. The zero-order chi connectivity index (χ0) is 12.4. The first kappa shape index (κ1) is 11.8. The highest BCUT2D eigenvalue weighted by Gasteiger charge is 2.21. The lowest BCUT2D eigenvalue weighted by Crippen LogP contribution is -2.22. The van der Waals surface area contributed by atoms with Gasteiger partial charge in [-0.25, -0.2) is 4.39 Å². The monoisotopic (exact) mass is 239 g/mol. The molecule has 1 aliphatic heterocycles. The van der Waals surface area contributed by atoms with Crippen LogP contribution >= 0.6 is 0 Å². The molecule has 6 heteroatoms. The number of hydrogen-bond acceptors (Lipinski definition) is 4. The molecule has 17 heavy (non-hydrogen) atoms. The van der Waals surface area contributed by atoms with Gasteiger partial charge < -0.3 is 10.6 Å². The summed E-state index contributed by atoms with van der Waals surface area (Å²) in [6, 6.07) is 2.63. The van der Waals surface area contributed by atoms with Crippen molar-refractivity contribution in [1.29, 1.82) is 0 Å². The Kier molecular flexibility index (Phi) is 3.23. The number of aryl methyl sites for hydroxylation is 1. The molecule has 1 atom stereocenters. The van der Waals surface area contributed by atoms with E-state index in [0.29, 0.717) is 11.3 Å². The van der Waals surface area contributed by atoms with Crippen molar-refractivity contribution < 1.29 is 9.31 Å². The van der Waals surface area contributed by atoms with E-state index in [0.717, 1.165) is 25.6 Å². The van der Waals surface area contributed by atoms with Crippen LogP contribution in [0.3, 0.4) is 0 Å². The molecule has 0 amide bonds. The molecule has 1 aromatic rings. The summed E-state index contributed by atoms with van der Waals surface area (Å²) in [5, 5.41) is 17.1. The van der Waals surface area contributed by atoms with Crippen molar-refractivity contribution in [3.63, 3.8) is 0 Å². The van der Waals surface area contributed by atoms with Crippen molar-refractivity contribution in [3.05, 3.63) is 33.6 Å². The van der Waals surface area contributed by atoms with Gasteiger partial charge in [0.25, 0.3) is 5.69 Å². The Hall–Kier alpha value is -1.69. The Morgan fingerprint density at radius 1 is 1.59 bits per heavy atom. The summed E-state index contributed by atoms with van der Waals surface area (Å²) < 4.78 is 13.3. The third kappa shape index (κ3) is 2.52. The summed E-state index contributed by atoms with van der Waals surface area (Å²) in [5.41, 5.74) is 0.589. The van der Waals surface area contributed by atoms with Gasteiger partial charge in [-0.2, -0.15) is 0 Å². The Labute approximate surface area is 98.2 Å². The molecule has 1 unspecified atom stereocenters. The van der Waals surface area contributed by atoms with Crippen LogP contribution in [0.1, 0.15) is 12.0 Å². The van der Waals surface area contributed by atoms with Crippen LogP contribution in [0.4, 0.5) is 15.8 Å². The van der Waals surface area contributed by atoms with E-state index in [4.69, 9.17) is 0 Å². The van der Waals surface area contributed by atoms with Gasteiger partial charge in [0.2, 0.25) is 0 Å². The minimum absolute atomic E-state index is 0.165. The number of nitro benzene ring substituents is 1. The smallest absolute Gasteiger partial charge is 0.295 e. The highest BCUT2D eigenvalue weighted by atomic mass is 19.1. The summed E-state index contributed by atoms with van der Waals surface area (Å²) in [5.74, 6) is -0.549. The van der Waals surface area contributed by atoms with E-state index in [2.05, 4.69) is 10.6 Å². The van der Waals surface area contributed by atoms with Gasteiger partial charge >= 0.3 is 0 Å². The number of nitro groups is 1. The molecule has 0 bridgehead atoms. The molecule has 1 aromatic carbocycles. The Balaban J connectivity index is 2.29. The van der Waals surface area contributed by atoms with E-state index >= 15 is 0 Å². The molecule has 0 saturated carbocycles. The average molecular weight is 239 g/mol. The highest BCUT2D eigenvalue weighted by Crippen LogP contribution is 2.28. The number of halogens is 1. The predicted octanol–water partition coefficient (Wildman–Crippen LogP) is 1.82. The SMILES string of the molecule is Cc1cc(NC2CCNC2)c([N+](=O)[O-])cc1F. The van der Waals surface area contributed by atoms with Crippen LogP contribution < -0.4 is 10.6 Å². The second-order valence-corrected chi connectivity index (χ2v) is 4.21. The van der Waals surface area contributed by atoms with Gasteiger partial charge in [-0.05, 0) is 31.5 Å². The van der Waals surface area contributed by atoms with Crippen molar-refractivity contribution >= 4 is 11.4 Å². The van der Waals surface area contributed by atoms with Crippen LogP contribution in [0, 0.1) is 22.9 Å². The van der Waals surface area contributed by atoms with E-state index in [1.54, 1.807) is 6.92 Å². The quantitative estimate of drug-likeness (QED) is 0.623. The lowest BCUT2D eigenvalue weighted by molar-refractivity contribution is -0.384. The minimum atomic E-state index is -0.562. The molecule has 1 heterocycles. The fraction of sp³-hybridized carbons (Fsp3) is 0.455. The molecule has 2 rings (SSSR count). The maximum atomic E-state index is 13.3. The molecular weight excluding hydrogens is 225 g/mol. The first-order valence-electron chi connectivity index (χ1n) is 5.49. The van der Waals surface area contributed by atoms with Crippen LogP contribution in [-0.4, -0.2) is 24.1 Å². The third-order valence-electron chi connectivity index (χ3n) is 2.89. The summed E-state index contributed by atoms with van der Waals surface area (Å²) in [6.45, 7) is 3.26. The molecular formula is C11H14FN3O2. The Bertz CT molecular complexity index is 445. The predicted molar refractivity (Wildman–Crippen MR) is 62.7 cm³/mol. The van der Waals surface area contributed by atoms with E-state index in [-0.39, 0.29) is 11.7 Å². The second-order valence-electron chi connectivity index (χ2n) is 4.21. The standard InChI is InChI=1S/C11H14FN3O2/c1-7-4-10(14-8-2-3-13-6-8)11(15(16)17)5-9(7)12/h4-5,8,13-14H,2-3,6H2,1H3. The fourth-order valence-electron chi connectivity index (χ4n) is 1.94. The number of anilines is 1. The van der Waals surface area contributed by atoms with E-state index in [1.165, 1.54) is 6.07 Å². The van der Waals surface area contributed by atoms with E-state index in [9.17, 15) is 14.5 Å². The van der Waals surface area contributed by atoms with E-state index in [1.807, 2.05) is 0 Å². The molecule has 0 aromatic heterocycles. The highest BCUT2D eigenvalue weighted by molar-refractivity contribution is 5.63. The number of hydrogen-bond donors (Lipinski definition) is 2. The Morgan fingerprint density at radius 3 is 2.94 bits per heavy atom. The summed E-state index contributed by atoms with van der Waals surface area (Å²) in [4.78, 5) is 10.3. The first-order chi connectivity index (χ1) is 8.08. The fourth-order valence-corrected chi connectivity index (χ4v) is 1.94. The molecule has 0 aliphatic carbocycles. The Morgan fingerprint density at radius 2 is 2.35 bits per heavy atom. The lowest BCUT2D eigenvalue weighted by atomic mass is 10.1. The summed E-state index contributed by atoms with van der Waals surface area (Å²) in [6.07, 6.45) is 0.910. The van der Waals surface area contributed by atoms with Crippen molar-refractivity contribution in [3.8, 4) is 0 Å². The van der Waals surface area contributed by atoms with Crippen LogP contribution in [0.15, 0.2) is 12.1 Å². The first-order valence-corrected chi connectivity index (χ1v) is 5.49. The zero-order valence-corrected chi connectivity index (χ0v) is 9.50.